The van der Waals surface area contributed by atoms with Gasteiger partial charge in [0.05, 0.1) is 35.0 Å². The lowest BCUT2D eigenvalue weighted by molar-refractivity contribution is -0.116. The molecule has 7 heteroatoms. The number of carbonyl (C=O) groups is 2. The molecule has 1 amide bonds. The Hall–Kier alpha value is -2.57. The summed E-state index contributed by atoms with van der Waals surface area (Å²) in [6.45, 7) is 1.80. The number of H-pyrrole nitrogens is 1. The second kappa shape index (κ2) is 6.30. The molecule has 2 N–H and O–H groups in total. The Bertz CT molecular complexity index is 1020. The molecule has 0 aliphatic carbocycles. The molecule has 0 fully saturated rings. The minimum atomic E-state index is -0.641. The Balaban J connectivity index is 2.01. The van der Waals surface area contributed by atoms with Crippen LogP contribution in [0.5, 0.6) is 0 Å². The predicted molar refractivity (Wildman–Crippen MR) is 102 cm³/mol. The number of hydrogen-bond donors (Lipinski definition) is 2. The lowest BCUT2D eigenvalue weighted by Crippen LogP contribution is -2.17. The molecule has 0 saturated carbocycles. The summed E-state index contributed by atoms with van der Waals surface area (Å²) in [5.74, 6) is -1.33. The van der Waals surface area contributed by atoms with Crippen molar-refractivity contribution in [3.05, 3.63) is 62.4 Å². The summed E-state index contributed by atoms with van der Waals surface area (Å²) in [5, 5.41) is 7.25. The number of amides is 1. The first kappa shape index (κ1) is 16.9. The third-order valence-electron chi connectivity index (χ3n) is 4.58. The third-order valence-corrected chi connectivity index (χ3v) is 5.58. The molecule has 26 heavy (non-hydrogen) atoms. The number of halogens is 1. The normalized spacial score (nSPS) is 15.7. The second-order valence-corrected chi connectivity index (χ2v) is 7.23. The van der Waals surface area contributed by atoms with Crippen molar-refractivity contribution < 1.29 is 14.3 Å². The number of benzene rings is 1. The van der Waals surface area contributed by atoms with Crippen molar-refractivity contribution in [2.45, 2.75) is 12.8 Å². The van der Waals surface area contributed by atoms with E-state index in [0.29, 0.717) is 27.5 Å². The predicted octanol–water partition coefficient (Wildman–Crippen LogP) is 4.58. The van der Waals surface area contributed by atoms with E-state index in [1.54, 1.807) is 30.4 Å². The molecule has 132 valence electrons. The number of nitrogens with one attached hydrogen (secondary N) is 2. The second-order valence-electron chi connectivity index (χ2n) is 6.04. The standard InChI is InChI=1S/C19H15ClN2O3S/c1-9-13(19(24)25-2)15(16(21-9)10-6-7-26-8-10)14-11-4-3-5-12(20)17(11)22-18(14)23/h3-8,14,21H,1-2H3,(H,22,23). The number of thiophene rings is 1. The van der Waals surface area contributed by atoms with E-state index in [-0.39, 0.29) is 5.91 Å². The van der Waals surface area contributed by atoms with Gasteiger partial charge in [-0.15, -0.1) is 0 Å². The van der Waals surface area contributed by atoms with Crippen LogP contribution in [0.3, 0.4) is 0 Å². The van der Waals surface area contributed by atoms with E-state index in [9.17, 15) is 9.59 Å². The summed E-state index contributed by atoms with van der Waals surface area (Å²) in [4.78, 5) is 28.6. The quantitative estimate of drug-likeness (QED) is 0.647. The fraction of sp³-hybridized carbons (Fsp3) is 0.158. The van der Waals surface area contributed by atoms with Gasteiger partial charge in [0, 0.05) is 22.2 Å². The molecule has 1 aliphatic heterocycles. The van der Waals surface area contributed by atoms with Crippen LogP contribution in [-0.2, 0) is 9.53 Å². The van der Waals surface area contributed by atoms with Gasteiger partial charge in [0.15, 0.2) is 0 Å². The zero-order valence-corrected chi connectivity index (χ0v) is 15.6. The average Bonchev–Trinajstić information content (AvgIpc) is 3.32. The molecular formula is C19H15ClN2O3S. The highest BCUT2D eigenvalue weighted by atomic mass is 35.5. The van der Waals surface area contributed by atoms with E-state index in [0.717, 1.165) is 16.8 Å². The number of carbonyl (C=O) groups excluding carboxylic acids is 2. The van der Waals surface area contributed by atoms with Crippen molar-refractivity contribution in [3.63, 3.8) is 0 Å². The number of methoxy groups -OCH3 is 1. The first-order valence-corrected chi connectivity index (χ1v) is 9.27. The fourth-order valence-corrected chi connectivity index (χ4v) is 4.34. The average molecular weight is 387 g/mol. The molecule has 2 aromatic heterocycles. The van der Waals surface area contributed by atoms with Gasteiger partial charge in [-0.05, 0) is 30.0 Å². The molecule has 4 rings (SSSR count). The van der Waals surface area contributed by atoms with Crippen molar-refractivity contribution >= 4 is 40.5 Å². The molecule has 1 aliphatic rings. The van der Waals surface area contributed by atoms with E-state index in [4.69, 9.17) is 16.3 Å². The summed E-state index contributed by atoms with van der Waals surface area (Å²) in [6, 6.07) is 7.33. The van der Waals surface area contributed by atoms with E-state index in [1.807, 2.05) is 22.9 Å². The van der Waals surface area contributed by atoms with Crippen LogP contribution in [0, 0.1) is 6.92 Å². The Labute approximate surface area is 159 Å². The molecular weight excluding hydrogens is 372 g/mol. The van der Waals surface area contributed by atoms with E-state index in [1.165, 1.54) is 7.11 Å². The lowest BCUT2D eigenvalue weighted by Gasteiger charge is -2.13. The zero-order valence-electron chi connectivity index (χ0n) is 14.1. The lowest BCUT2D eigenvalue weighted by atomic mass is 9.88. The first-order chi connectivity index (χ1) is 12.5. The van der Waals surface area contributed by atoms with Gasteiger partial charge in [0.25, 0.3) is 0 Å². The Morgan fingerprint density at radius 2 is 2.12 bits per heavy atom. The van der Waals surface area contributed by atoms with Gasteiger partial charge in [-0.2, -0.15) is 11.3 Å². The molecule has 1 aromatic carbocycles. The number of aryl methyl sites for hydroxylation is 1. The maximum atomic E-state index is 12.8. The topological polar surface area (TPSA) is 71.2 Å². The minimum absolute atomic E-state index is 0.214. The third kappa shape index (κ3) is 2.45. The Morgan fingerprint density at radius 1 is 1.31 bits per heavy atom. The first-order valence-electron chi connectivity index (χ1n) is 7.95. The number of rotatable bonds is 3. The molecule has 1 atom stereocenters. The summed E-state index contributed by atoms with van der Waals surface area (Å²) in [7, 11) is 1.34. The maximum Gasteiger partial charge on any atom is 0.340 e. The van der Waals surface area contributed by atoms with Crippen LogP contribution in [0.4, 0.5) is 5.69 Å². The number of aromatic amines is 1. The highest BCUT2D eigenvalue weighted by Gasteiger charge is 2.39. The van der Waals surface area contributed by atoms with Gasteiger partial charge in [0.1, 0.15) is 0 Å². The van der Waals surface area contributed by atoms with Crippen molar-refractivity contribution in [2.75, 3.05) is 12.4 Å². The van der Waals surface area contributed by atoms with Crippen LogP contribution in [0.15, 0.2) is 35.0 Å². The maximum absolute atomic E-state index is 12.8. The smallest absolute Gasteiger partial charge is 0.340 e. The SMILES string of the molecule is COC(=O)c1c(C)[nH]c(-c2ccsc2)c1C1C(=O)Nc2c(Cl)cccc21. The van der Waals surface area contributed by atoms with Gasteiger partial charge in [-0.3, -0.25) is 4.79 Å². The summed E-state index contributed by atoms with van der Waals surface area (Å²) >= 11 is 7.80. The van der Waals surface area contributed by atoms with Gasteiger partial charge < -0.3 is 15.0 Å². The minimum Gasteiger partial charge on any atom is -0.465 e. The van der Waals surface area contributed by atoms with Crippen LogP contribution >= 0.6 is 22.9 Å². The highest BCUT2D eigenvalue weighted by molar-refractivity contribution is 7.08. The van der Waals surface area contributed by atoms with E-state index >= 15 is 0 Å². The number of ether oxygens (including phenoxy) is 1. The van der Waals surface area contributed by atoms with Crippen LogP contribution in [-0.4, -0.2) is 24.0 Å². The number of esters is 1. The highest BCUT2D eigenvalue weighted by Crippen LogP contribution is 2.46. The van der Waals surface area contributed by atoms with Crippen LogP contribution in [0.2, 0.25) is 5.02 Å². The molecule has 3 heterocycles. The van der Waals surface area contributed by atoms with Crippen LogP contribution in [0.1, 0.15) is 33.1 Å². The summed E-state index contributed by atoms with van der Waals surface area (Å²) < 4.78 is 4.98. The number of hydrogen-bond acceptors (Lipinski definition) is 4. The van der Waals surface area contributed by atoms with Gasteiger partial charge in [-0.1, -0.05) is 23.7 Å². The molecule has 1 unspecified atom stereocenters. The number of fused-ring (bicyclic) bond motifs is 1. The molecule has 3 aromatic rings. The molecule has 0 spiro atoms. The largest absolute Gasteiger partial charge is 0.465 e. The molecule has 0 bridgehead atoms. The molecule has 0 radical (unpaired) electrons. The number of anilines is 1. The van der Waals surface area contributed by atoms with E-state index < -0.39 is 11.9 Å². The van der Waals surface area contributed by atoms with Crippen molar-refractivity contribution in [1.29, 1.82) is 0 Å². The van der Waals surface area contributed by atoms with Crippen molar-refractivity contribution in [2.24, 2.45) is 0 Å². The van der Waals surface area contributed by atoms with Crippen molar-refractivity contribution in [1.82, 2.24) is 4.98 Å². The Morgan fingerprint density at radius 3 is 2.81 bits per heavy atom. The summed E-state index contributed by atoms with van der Waals surface area (Å²) in [5.41, 5.74) is 4.69. The number of para-hydroxylation sites is 1. The van der Waals surface area contributed by atoms with Crippen LogP contribution < -0.4 is 5.32 Å². The van der Waals surface area contributed by atoms with Crippen molar-refractivity contribution in [3.8, 4) is 11.3 Å². The Kier molecular flexibility index (Phi) is 4.09. The zero-order chi connectivity index (χ0) is 18.4. The number of aromatic nitrogens is 1. The van der Waals surface area contributed by atoms with Gasteiger partial charge in [-0.25, -0.2) is 4.79 Å². The van der Waals surface area contributed by atoms with Crippen LogP contribution in [0.25, 0.3) is 11.3 Å². The molecule has 5 nitrogen and oxygen atoms in total. The van der Waals surface area contributed by atoms with Gasteiger partial charge >= 0.3 is 5.97 Å². The molecule has 0 saturated heterocycles. The van der Waals surface area contributed by atoms with E-state index in [2.05, 4.69) is 10.3 Å². The fourth-order valence-electron chi connectivity index (χ4n) is 3.47. The monoisotopic (exact) mass is 386 g/mol. The summed E-state index contributed by atoms with van der Waals surface area (Å²) in [6.07, 6.45) is 0. The van der Waals surface area contributed by atoms with Gasteiger partial charge in [0.2, 0.25) is 5.91 Å².